The van der Waals surface area contributed by atoms with Crippen molar-refractivity contribution in [3.8, 4) is 0 Å². The van der Waals surface area contributed by atoms with E-state index in [1.54, 1.807) is 24.8 Å². The summed E-state index contributed by atoms with van der Waals surface area (Å²) in [5.41, 5.74) is 4.23. The summed E-state index contributed by atoms with van der Waals surface area (Å²) < 4.78 is 0. The van der Waals surface area contributed by atoms with Crippen molar-refractivity contribution in [2.45, 2.75) is 26.5 Å². The van der Waals surface area contributed by atoms with Crippen LogP contribution >= 0.6 is 0 Å². The number of aliphatic hydroxyl groups is 1. The average Bonchev–Trinajstić information content (AvgIpc) is 2.61. The quantitative estimate of drug-likeness (QED) is 0.894. The van der Waals surface area contributed by atoms with Gasteiger partial charge in [0.25, 0.3) is 5.91 Å². The highest BCUT2D eigenvalue weighted by Crippen LogP contribution is 2.29. The van der Waals surface area contributed by atoms with Crippen molar-refractivity contribution in [2.24, 2.45) is 0 Å². The first kappa shape index (κ1) is 17.9. The van der Waals surface area contributed by atoms with Crippen LogP contribution in [0.1, 0.15) is 40.9 Å². The number of para-hydroxylation sites is 1. The van der Waals surface area contributed by atoms with Crippen LogP contribution in [0.25, 0.3) is 12.2 Å². The molecule has 1 atom stereocenters. The minimum Gasteiger partial charge on any atom is -0.392 e. The number of anilines is 1. The van der Waals surface area contributed by atoms with Crippen LogP contribution in [0.5, 0.6) is 0 Å². The Morgan fingerprint density at radius 1 is 1.15 bits per heavy atom. The molecule has 1 aliphatic heterocycles. The summed E-state index contributed by atoms with van der Waals surface area (Å²) >= 11 is 0. The van der Waals surface area contributed by atoms with Gasteiger partial charge in [0, 0.05) is 19.0 Å². The molecule has 0 spiro atoms. The number of amides is 2. The molecule has 5 heteroatoms. The van der Waals surface area contributed by atoms with Crippen LogP contribution in [0.2, 0.25) is 0 Å². The van der Waals surface area contributed by atoms with E-state index in [-0.39, 0.29) is 18.4 Å². The summed E-state index contributed by atoms with van der Waals surface area (Å²) in [6, 6.07) is 13.2. The number of fused-ring (bicyclic) bond motifs is 2. The molecule has 2 aromatic carbocycles. The van der Waals surface area contributed by atoms with Crippen molar-refractivity contribution in [1.82, 2.24) is 5.32 Å². The standard InChI is InChI=1S/C21H22N2O3/c1-14(24)12-22-21(26)18-9-10-19-13-23(15(2)25)20-6-4-3-5-16(20)7-8-17(19)11-18/h3-11,14,24H,12-13H2,1-2H3,(H,22,26). The zero-order valence-electron chi connectivity index (χ0n) is 14.9. The van der Waals surface area contributed by atoms with Gasteiger partial charge in [-0.05, 0) is 41.8 Å². The summed E-state index contributed by atoms with van der Waals surface area (Å²) in [7, 11) is 0. The molecule has 0 aliphatic carbocycles. The Kier molecular flexibility index (Phi) is 5.19. The maximum atomic E-state index is 12.2. The van der Waals surface area contributed by atoms with Crippen LogP contribution in [0, 0.1) is 0 Å². The molecule has 1 aliphatic rings. The number of carbonyl (C=O) groups excluding carboxylic acids is 2. The van der Waals surface area contributed by atoms with Crippen molar-refractivity contribution in [3.05, 3.63) is 64.7 Å². The highest BCUT2D eigenvalue weighted by molar-refractivity contribution is 5.97. The van der Waals surface area contributed by atoms with E-state index in [0.717, 1.165) is 22.4 Å². The molecule has 2 N–H and O–H groups in total. The Bertz CT molecular complexity index is 871. The predicted molar refractivity (Wildman–Crippen MR) is 103 cm³/mol. The van der Waals surface area contributed by atoms with E-state index < -0.39 is 6.10 Å². The topological polar surface area (TPSA) is 69.6 Å². The Balaban J connectivity index is 1.98. The SMILES string of the molecule is CC(=O)N1Cc2ccc(C(=O)NCC(C)O)cc2C=Cc2ccccc21. The zero-order chi connectivity index (χ0) is 18.7. The number of nitrogens with zero attached hydrogens (tertiary/aromatic N) is 1. The Hall–Kier alpha value is -2.92. The maximum Gasteiger partial charge on any atom is 0.251 e. The predicted octanol–water partition coefficient (Wildman–Crippen LogP) is 2.83. The molecule has 5 nitrogen and oxygen atoms in total. The Labute approximate surface area is 153 Å². The first-order chi connectivity index (χ1) is 12.5. The van der Waals surface area contributed by atoms with Crippen molar-refractivity contribution in [3.63, 3.8) is 0 Å². The Morgan fingerprint density at radius 2 is 1.88 bits per heavy atom. The van der Waals surface area contributed by atoms with Gasteiger partial charge in [-0.1, -0.05) is 36.4 Å². The van der Waals surface area contributed by atoms with Crippen LogP contribution < -0.4 is 10.2 Å². The van der Waals surface area contributed by atoms with Gasteiger partial charge in [-0.15, -0.1) is 0 Å². The van der Waals surface area contributed by atoms with E-state index in [2.05, 4.69) is 5.32 Å². The fraction of sp³-hybridized carbons (Fsp3) is 0.238. The first-order valence-electron chi connectivity index (χ1n) is 8.60. The normalized spacial score (nSPS) is 13.9. The second kappa shape index (κ2) is 7.54. The van der Waals surface area contributed by atoms with Crippen molar-refractivity contribution in [1.29, 1.82) is 0 Å². The van der Waals surface area contributed by atoms with E-state index in [0.29, 0.717) is 12.1 Å². The van der Waals surface area contributed by atoms with Crippen LogP contribution in [-0.4, -0.2) is 29.6 Å². The summed E-state index contributed by atoms with van der Waals surface area (Å²) in [6.07, 6.45) is 3.33. The number of carbonyl (C=O) groups is 2. The molecule has 0 aromatic heterocycles. The lowest BCUT2D eigenvalue weighted by atomic mass is 9.98. The van der Waals surface area contributed by atoms with E-state index in [1.807, 2.05) is 48.6 Å². The van der Waals surface area contributed by atoms with Gasteiger partial charge in [0.15, 0.2) is 0 Å². The number of hydrogen-bond donors (Lipinski definition) is 2. The van der Waals surface area contributed by atoms with E-state index in [1.165, 1.54) is 0 Å². The number of benzene rings is 2. The summed E-state index contributed by atoms with van der Waals surface area (Å²) in [5.74, 6) is -0.259. The van der Waals surface area contributed by atoms with Gasteiger partial charge in [0.1, 0.15) is 0 Å². The molecule has 2 amide bonds. The minimum absolute atomic E-state index is 0.0301. The molecule has 0 saturated carbocycles. The largest absolute Gasteiger partial charge is 0.392 e. The number of nitrogens with one attached hydrogen (secondary N) is 1. The second-order valence-corrected chi connectivity index (χ2v) is 6.47. The molecule has 1 heterocycles. The van der Waals surface area contributed by atoms with Crippen molar-refractivity contribution in [2.75, 3.05) is 11.4 Å². The van der Waals surface area contributed by atoms with E-state index in [4.69, 9.17) is 0 Å². The lowest BCUT2D eigenvalue weighted by molar-refractivity contribution is -0.116. The minimum atomic E-state index is -0.594. The molecule has 134 valence electrons. The molecule has 0 saturated heterocycles. The van der Waals surface area contributed by atoms with E-state index in [9.17, 15) is 14.7 Å². The fourth-order valence-electron chi connectivity index (χ4n) is 2.97. The van der Waals surface area contributed by atoms with Gasteiger partial charge in [-0.2, -0.15) is 0 Å². The molecular weight excluding hydrogens is 328 g/mol. The summed E-state index contributed by atoms with van der Waals surface area (Å²) in [6.45, 7) is 3.83. The van der Waals surface area contributed by atoms with Crippen LogP contribution in [0.3, 0.4) is 0 Å². The lowest BCUT2D eigenvalue weighted by Gasteiger charge is -2.26. The highest BCUT2D eigenvalue weighted by Gasteiger charge is 2.19. The smallest absolute Gasteiger partial charge is 0.251 e. The molecule has 3 rings (SSSR count). The maximum absolute atomic E-state index is 12.2. The van der Waals surface area contributed by atoms with Gasteiger partial charge < -0.3 is 15.3 Å². The zero-order valence-corrected chi connectivity index (χ0v) is 14.9. The number of aliphatic hydroxyl groups excluding tert-OH is 1. The molecule has 0 fully saturated rings. The van der Waals surface area contributed by atoms with Crippen LogP contribution in [0.15, 0.2) is 42.5 Å². The molecule has 26 heavy (non-hydrogen) atoms. The van der Waals surface area contributed by atoms with Gasteiger partial charge in [0.2, 0.25) is 5.91 Å². The monoisotopic (exact) mass is 350 g/mol. The Morgan fingerprint density at radius 3 is 2.62 bits per heavy atom. The molecule has 2 aromatic rings. The number of hydrogen-bond acceptors (Lipinski definition) is 3. The third-order valence-electron chi connectivity index (χ3n) is 4.34. The third kappa shape index (κ3) is 3.83. The molecule has 0 bridgehead atoms. The summed E-state index contributed by atoms with van der Waals surface area (Å²) in [4.78, 5) is 26.2. The van der Waals surface area contributed by atoms with Crippen molar-refractivity contribution >= 4 is 29.7 Å². The van der Waals surface area contributed by atoms with Crippen LogP contribution in [-0.2, 0) is 11.3 Å². The average molecular weight is 350 g/mol. The number of rotatable bonds is 3. The molecule has 0 radical (unpaired) electrons. The third-order valence-corrected chi connectivity index (χ3v) is 4.34. The van der Waals surface area contributed by atoms with Crippen LogP contribution in [0.4, 0.5) is 5.69 Å². The lowest BCUT2D eigenvalue weighted by Crippen LogP contribution is -2.31. The molecule has 1 unspecified atom stereocenters. The van der Waals surface area contributed by atoms with Gasteiger partial charge >= 0.3 is 0 Å². The first-order valence-corrected chi connectivity index (χ1v) is 8.60. The van der Waals surface area contributed by atoms with Gasteiger partial charge in [0.05, 0.1) is 18.3 Å². The van der Waals surface area contributed by atoms with Gasteiger partial charge in [-0.3, -0.25) is 9.59 Å². The fourth-order valence-corrected chi connectivity index (χ4v) is 2.97. The summed E-state index contributed by atoms with van der Waals surface area (Å²) in [5, 5.41) is 12.0. The molecular formula is C21H22N2O3. The van der Waals surface area contributed by atoms with Gasteiger partial charge in [-0.25, -0.2) is 0 Å². The van der Waals surface area contributed by atoms with Crippen molar-refractivity contribution < 1.29 is 14.7 Å². The second-order valence-electron chi connectivity index (χ2n) is 6.47. The van der Waals surface area contributed by atoms with E-state index >= 15 is 0 Å². The highest BCUT2D eigenvalue weighted by atomic mass is 16.3.